The first kappa shape index (κ1) is 10.1. The summed E-state index contributed by atoms with van der Waals surface area (Å²) < 4.78 is 0. The summed E-state index contributed by atoms with van der Waals surface area (Å²) in [5.74, 6) is 2.08. The maximum Gasteiger partial charge on any atom is 0.00123 e. The standard InChI is InChI=1S/C13H24N2/c1-15(9-11-2-3-11)10-12-8-13(12)4-6-14-7-5-13/h11-12,14H,2-10H2,1H3. The van der Waals surface area contributed by atoms with E-state index in [4.69, 9.17) is 0 Å². The molecule has 1 unspecified atom stereocenters. The molecule has 0 aromatic rings. The summed E-state index contributed by atoms with van der Waals surface area (Å²) in [4.78, 5) is 2.60. The molecule has 2 aliphatic carbocycles. The van der Waals surface area contributed by atoms with Gasteiger partial charge in [0.1, 0.15) is 0 Å². The minimum atomic E-state index is 0.781. The summed E-state index contributed by atoms with van der Waals surface area (Å²) in [5, 5.41) is 3.48. The van der Waals surface area contributed by atoms with Crippen LogP contribution in [0.1, 0.15) is 32.1 Å². The molecule has 2 heteroatoms. The molecule has 86 valence electrons. The highest BCUT2D eigenvalue weighted by Gasteiger charge is 2.53. The van der Waals surface area contributed by atoms with E-state index in [-0.39, 0.29) is 0 Å². The number of nitrogens with one attached hydrogen (secondary N) is 1. The topological polar surface area (TPSA) is 15.3 Å². The van der Waals surface area contributed by atoms with E-state index in [9.17, 15) is 0 Å². The second-order valence-electron chi connectivity index (χ2n) is 6.18. The third-order valence-corrected chi connectivity index (χ3v) is 4.76. The number of rotatable bonds is 4. The van der Waals surface area contributed by atoms with E-state index in [1.165, 1.54) is 58.3 Å². The van der Waals surface area contributed by atoms with Crippen LogP contribution in [0.3, 0.4) is 0 Å². The van der Waals surface area contributed by atoms with E-state index in [0.29, 0.717) is 0 Å². The first-order chi connectivity index (χ1) is 7.28. The van der Waals surface area contributed by atoms with Crippen LogP contribution in [0.5, 0.6) is 0 Å². The van der Waals surface area contributed by atoms with Crippen LogP contribution in [0.4, 0.5) is 0 Å². The van der Waals surface area contributed by atoms with Gasteiger partial charge in [-0.1, -0.05) is 0 Å². The Hall–Kier alpha value is -0.0800. The molecule has 0 amide bonds. The van der Waals surface area contributed by atoms with Gasteiger partial charge in [0.2, 0.25) is 0 Å². The second kappa shape index (κ2) is 3.74. The Balaban J connectivity index is 1.44. The number of piperidine rings is 1. The lowest BCUT2D eigenvalue weighted by atomic mass is 9.92. The number of hydrogen-bond donors (Lipinski definition) is 1. The van der Waals surface area contributed by atoms with Gasteiger partial charge in [-0.25, -0.2) is 0 Å². The maximum absolute atomic E-state index is 3.48. The summed E-state index contributed by atoms with van der Waals surface area (Å²) >= 11 is 0. The molecule has 1 aliphatic heterocycles. The van der Waals surface area contributed by atoms with Crippen LogP contribution in [0, 0.1) is 17.3 Å². The Morgan fingerprint density at radius 2 is 1.93 bits per heavy atom. The zero-order chi connectivity index (χ0) is 10.3. The molecule has 0 radical (unpaired) electrons. The molecule has 0 aromatic carbocycles. The molecule has 3 rings (SSSR count). The van der Waals surface area contributed by atoms with Crippen LogP contribution in [0.25, 0.3) is 0 Å². The number of hydrogen-bond acceptors (Lipinski definition) is 2. The highest BCUT2D eigenvalue weighted by atomic mass is 15.1. The molecule has 1 spiro atoms. The van der Waals surface area contributed by atoms with Crippen molar-refractivity contribution in [2.24, 2.45) is 17.3 Å². The summed E-state index contributed by atoms with van der Waals surface area (Å²) in [6.45, 7) is 5.27. The van der Waals surface area contributed by atoms with Crippen molar-refractivity contribution in [3.05, 3.63) is 0 Å². The molecule has 1 N–H and O–H groups in total. The molecule has 15 heavy (non-hydrogen) atoms. The Kier molecular flexibility index (Phi) is 2.52. The van der Waals surface area contributed by atoms with E-state index >= 15 is 0 Å². The molecular formula is C13H24N2. The third kappa shape index (κ3) is 2.21. The van der Waals surface area contributed by atoms with Gasteiger partial charge < -0.3 is 10.2 Å². The van der Waals surface area contributed by atoms with E-state index in [1.54, 1.807) is 0 Å². The monoisotopic (exact) mass is 208 g/mol. The average Bonchev–Trinajstić information content (AvgIpc) is 3.10. The lowest BCUT2D eigenvalue weighted by Crippen LogP contribution is -2.32. The van der Waals surface area contributed by atoms with Crippen LogP contribution in [0.2, 0.25) is 0 Å². The second-order valence-corrected chi connectivity index (χ2v) is 6.18. The minimum absolute atomic E-state index is 0.781. The molecule has 2 nitrogen and oxygen atoms in total. The van der Waals surface area contributed by atoms with Crippen molar-refractivity contribution in [2.45, 2.75) is 32.1 Å². The lowest BCUT2D eigenvalue weighted by molar-refractivity contribution is 0.256. The first-order valence-corrected chi connectivity index (χ1v) is 6.68. The molecule has 1 atom stereocenters. The molecule has 2 saturated carbocycles. The summed E-state index contributed by atoms with van der Waals surface area (Å²) in [6, 6.07) is 0. The van der Waals surface area contributed by atoms with Crippen molar-refractivity contribution in [2.75, 3.05) is 33.2 Å². The first-order valence-electron chi connectivity index (χ1n) is 6.68. The highest BCUT2D eigenvalue weighted by Crippen LogP contribution is 2.58. The van der Waals surface area contributed by atoms with Gasteiger partial charge in [0.05, 0.1) is 0 Å². The van der Waals surface area contributed by atoms with E-state index in [1.807, 2.05) is 0 Å². The maximum atomic E-state index is 3.48. The molecule has 1 heterocycles. The fourth-order valence-corrected chi connectivity index (χ4v) is 3.42. The molecule has 3 aliphatic rings. The zero-order valence-electron chi connectivity index (χ0n) is 9.97. The van der Waals surface area contributed by atoms with Gasteiger partial charge >= 0.3 is 0 Å². The third-order valence-electron chi connectivity index (χ3n) is 4.76. The van der Waals surface area contributed by atoms with E-state index < -0.39 is 0 Å². The Morgan fingerprint density at radius 1 is 1.20 bits per heavy atom. The minimum Gasteiger partial charge on any atom is -0.317 e. The van der Waals surface area contributed by atoms with Crippen molar-refractivity contribution in [1.29, 1.82) is 0 Å². The van der Waals surface area contributed by atoms with Crippen LogP contribution >= 0.6 is 0 Å². The van der Waals surface area contributed by atoms with Gasteiger partial charge in [0.15, 0.2) is 0 Å². The van der Waals surface area contributed by atoms with Gasteiger partial charge in [-0.15, -0.1) is 0 Å². The summed E-state index contributed by atoms with van der Waals surface area (Å²) in [5.41, 5.74) is 0.781. The Morgan fingerprint density at radius 3 is 2.60 bits per heavy atom. The summed E-state index contributed by atoms with van der Waals surface area (Å²) in [6.07, 6.45) is 7.38. The zero-order valence-corrected chi connectivity index (χ0v) is 9.97. The largest absolute Gasteiger partial charge is 0.317 e. The van der Waals surface area contributed by atoms with Gasteiger partial charge in [-0.3, -0.25) is 0 Å². The van der Waals surface area contributed by atoms with Gasteiger partial charge in [0, 0.05) is 13.1 Å². The molecule has 1 saturated heterocycles. The summed E-state index contributed by atoms with van der Waals surface area (Å²) in [7, 11) is 2.32. The van der Waals surface area contributed by atoms with Gasteiger partial charge in [0.25, 0.3) is 0 Å². The predicted molar refractivity (Wildman–Crippen MR) is 62.9 cm³/mol. The normalized spacial score (nSPS) is 33.6. The van der Waals surface area contributed by atoms with Crippen molar-refractivity contribution in [3.63, 3.8) is 0 Å². The van der Waals surface area contributed by atoms with Crippen molar-refractivity contribution >= 4 is 0 Å². The molecule has 0 bridgehead atoms. The fraction of sp³-hybridized carbons (Fsp3) is 1.00. The molecule has 3 fully saturated rings. The fourth-order valence-electron chi connectivity index (χ4n) is 3.42. The van der Waals surface area contributed by atoms with Crippen LogP contribution in [-0.4, -0.2) is 38.1 Å². The average molecular weight is 208 g/mol. The Labute approximate surface area is 93.4 Å². The Bertz CT molecular complexity index is 229. The SMILES string of the molecule is CN(CC1CC1)CC1CC12CCNCC2. The van der Waals surface area contributed by atoms with Crippen LogP contribution < -0.4 is 5.32 Å². The van der Waals surface area contributed by atoms with Crippen molar-refractivity contribution in [1.82, 2.24) is 10.2 Å². The molecule has 0 aromatic heterocycles. The quantitative estimate of drug-likeness (QED) is 0.757. The van der Waals surface area contributed by atoms with E-state index in [0.717, 1.165) is 17.3 Å². The van der Waals surface area contributed by atoms with Gasteiger partial charge in [-0.05, 0) is 69.5 Å². The highest BCUT2D eigenvalue weighted by molar-refractivity contribution is 5.05. The van der Waals surface area contributed by atoms with Crippen molar-refractivity contribution < 1.29 is 0 Å². The van der Waals surface area contributed by atoms with Gasteiger partial charge in [-0.2, -0.15) is 0 Å². The smallest absolute Gasteiger partial charge is 0.00123 e. The predicted octanol–water partition coefficient (Wildman–Crippen LogP) is 1.72. The number of nitrogens with zero attached hydrogens (tertiary/aromatic N) is 1. The van der Waals surface area contributed by atoms with E-state index in [2.05, 4.69) is 17.3 Å². The van der Waals surface area contributed by atoms with Crippen LogP contribution in [-0.2, 0) is 0 Å². The van der Waals surface area contributed by atoms with Crippen molar-refractivity contribution in [3.8, 4) is 0 Å². The molecular weight excluding hydrogens is 184 g/mol. The lowest BCUT2D eigenvalue weighted by Gasteiger charge is -2.25. The van der Waals surface area contributed by atoms with Crippen LogP contribution in [0.15, 0.2) is 0 Å².